The highest BCUT2D eigenvalue weighted by Crippen LogP contribution is 2.21. The van der Waals surface area contributed by atoms with Crippen LogP contribution in [0.1, 0.15) is 17.3 Å². The molecule has 0 bridgehead atoms. The number of amides is 1. The van der Waals surface area contributed by atoms with Crippen LogP contribution in [0.25, 0.3) is 0 Å². The smallest absolute Gasteiger partial charge is 0.255 e. The predicted octanol–water partition coefficient (Wildman–Crippen LogP) is 2.14. The van der Waals surface area contributed by atoms with Gasteiger partial charge in [-0.1, -0.05) is 0 Å². The van der Waals surface area contributed by atoms with Crippen LogP contribution in [0.4, 0.5) is 5.69 Å². The second-order valence-corrected chi connectivity index (χ2v) is 4.01. The van der Waals surface area contributed by atoms with E-state index in [1.165, 1.54) is 18.3 Å². The quantitative estimate of drug-likeness (QED) is 0.794. The van der Waals surface area contributed by atoms with E-state index < -0.39 is 5.91 Å². The SMILES string of the molecule is CCOc1ccc(NC(=O)c2cc(O)cc(O)c2)cn1. The van der Waals surface area contributed by atoms with Crippen molar-refractivity contribution >= 4 is 11.6 Å². The molecule has 20 heavy (non-hydrogen) atoms. The number of nitrogens with one attached hydrogen (secondary N) is 1. The van der Waals surface area contributed by atoms with E-state index in [-0.39, 0.29) is 17.1 Å². The first-order chi connectivity index (χ1) is 9.58. The van der Waals surface area contributed by atoms with Crippen LogP contribution < -0.4 is 10.1 Å². The molecule has 6 heteroatoms. The number of benzene rings is 1. The van der Waals surface area contributed by atoms with Gasteiger partial charge in [0.2, 0.25) is 5.88 Å². The van der Waals surface area contributed by atoms with Gasteiger partial charge in [0.25, 0.3) is 5.91 Å². The summed E-state index contributed by atoms with van der Waals surface area (Å²) in [5.41, 5.74) is 0.637. The lowest BCUT2D eigenvalue weighted by atomic mass is 10.2. The lowest BCUT2D eigenvalue weighted by Crippen LogP contribution is -2.12. The van der Waals surface area contributed by atoms with Gasteiger partial charge in [0, 0.05) is 17.7 Å². The Kier molecular flexibility index (Phi) is 4.05. The van der Waals surface area contributed by atoms with Crippen molar-refractivity contribution in [1.82, 2.24) is 4.98 Å². The largest absolute Gasteiger partial charge is 0.508 e. The van der Waals surface area contributed by atoms with Crippen LogP contribution in [0, 0.1) is 0 Å². The molecular weight excluding hydrogens is 260 g/mol. The Bertz CT molecular complexity index is 591. The fourth-order valence-electron chi connectivity index (χ4n) is 1.62. The molecule has 2 rings (SSSR count). The highest BCUT2D eigenvalue weighted by atomic mass is 16.5. The summed E-state index contributed by atoms with van der Waals surface area (Å²) >= 11 is 0. The van der Waals surface area contributed by atoms with E-state index in [0.717, 1.165) is 6.07 Å². The maximum atomic E-state index is 11.9. The number of hydrogen-bond donors (Lipinski definition) is 3. The number of hydrogen-bond acceptors (Lipinski definition) is 5. The third-order valence-electron chi connectivity index (χ3n) is 2.45. The summed E-state index contributed by atoms with van der Waals surface area (Å²) in [6, 6.07) is 6.96. The first-order valence-corrected chi connectivity index (χ1v) is 6.01. The second-order valence-electron chi connectivity index (χ2n) is 4.01. The van der Waals surface area contributed by atoms with Gasteiger partial charge in [-0.15, -0.1) is 0 Å². The summed E-state index contributed by atoms with van der Waals surface area (Å²) in [5, 5.41) is 21.3. The Hall–Kier alpha value is -2.76. The van der Waals surface area contributed by atoms with E-state index in [2.05, 4.69) is 10.3 Å². The standard InChI is InChI=1S/C14H14N2O4/c1-2-20-13-4-3-10(8-15-13)16-14(19)9-5-11(17)7-12(18)6-9/h3-8,17-18H,2H2,1H3,(H,16,19). The number of carbonyl (C=O) groups excluding carboxylic acids is 1. The number of aromatic nitrogens is 1. The summed E-state index contributed by atoms with van der Waals surface area (Å²) in [4.78, 5) is 16.0. The van der Waals surface area contributed by atoms with Crippen LogP contribution in [-0.2, 0) is 0 Å². The predicted molar refractivity (Wildman–Crippen MR) is 73.1 cm³/mol. The van der Waals surface area contributed by atoms with Gasteiger partial charge < -0.3 is 20.3 Å². The van der Waals surface area contributed by atoms with E-state index in [1.54, 1.807) is 12.1 Å². The molecule has 3 N–H and O–H groups in total. The molecule has 0 unspecified atom stereocenters. The lowest BCUT2D eigenvalue weighted by Gasteiger charge is -2.07. The molecule has 2 aromatic rings. The van der Waals surface area contributed by atoms with Crippen LogP contribution in [0.5, 0.6) is 17.4 Å². The first kappa shape index (κ1) is 13.7. The van der Waals surface area contributed by atoms with Gasteiger partial charge in [-0.2, -0.15) is 0 Å². The molecule has 0 atom stereocenters. The van der Waals surface area contributed by atoms with E-state index >= 15 is 0 Å². The first-order valence-electron chi connectivity index (χ1n) is 6.01. The van der Waals surface area contributed by atoms with Crippen LogP contribution in [-0.4, -0.2) is 27.7 Å². The third-order valence-corrected chi connectivity index (χ3v) is 2.45. The fourth-order valence-corrected chi connectivity index (χ4v) is 1.62. The lowest BCUT2D eigenvalue weighted by molar-refractivity contribution is 0.102. The number of phenolic OH excluding ortho intramolecular Hbond substituents is 2. The molecule has 6 nitrogen and oxygen atoms in total. The van der Waals surface area contributed by atoms with Crippen molar-refractivity contribution in [1.29, 1.82) is 0 Å². The Labute approximate surface area is 115 Å². The molecular formula is C14H14N2O4. The van der Waals surface area contributed by atoms with Crippen LogP contribution in [0.2, 0.25) is 0 Å². The van der Waals surface area contributed by atoms with Crippen LogP contribution >= 0.6 is 0 Å². The fraction of sp³-hybridized carbons (Fsp3) is 0.143. The zero-order chi connectivity index (χ0) is 14.5. The van der Waals surface area contributed by atoms with Crippen molar-refractivity contribution in [3.05, 3.63) is 42.1 Å². The normalized spacial score (nSPS) is 10.1. The molecule has 0 aliphatic heterocycles. The molecule has 104 valence electrons. The zero-order valence-electron chi connectivity index (χ0n) is 10.8. The van der Waals surface area contributed by atoms with Crippen molar-refractivity contribution in [2.75, 3.05) is 11.9 Å². The number of ether oxygens (including phenoxy) is 1. The van der Waals surface area contributed by atoms with Crippen molar-refractivity contribution < 1.29 is 19.7 Å². The number of nitrogens with zero attached hydrogens (tertiary/aromatic N) is 1. The van der Waals surface area contributed by atoms with Gasteiger partial charge in [0.15, 0.2) is 0 Å². The highest BCUT2D eigenvalue weighted by molar-refractivity contribution is 6.04. The number of phenols is 2. The van der Waals surface area contributed by atoms with Gasteiger partial charge in [-0.25, -0.2) is 4.98 Å². The zero-order valence-corrected chi connectivity index (χ0v) is 10.8. The number of carbonyl (C=O) groups is 1. The van der Waals surface area contributed by atoms with Crippen LogP contribution in [0.15, 0.2) is 36.5 Å². The molecule has 1 heterocycles. The van der Waals surface area contributed by atoms with Crippen molar-refractivity contribution in [3.8, 4) is 17.4 Å². The number of aromatic hydroxyl groups is 2. The van der Waals surface area contributed by atoms with Gasteiger partial charge in [-0.3, -0.25) is 4.79 Å². The second kappa shape index (κ2) is 5.92. The molecule has 0 saturated carbocycles. The highest BCUT2D eigenvalue weighted by Gasteiger charge is 2.09. The van der Waals surface area contributed by atoms with Crippen molar-refractivity contribution in [2.24, 2.45) is 0 Å². The van der Waals surface area contributed by atoms with E-state index in [0.29, 0.717) is 18.2 Å². The molecule has 0 fully saturated rings. The monoisotopic (exact) mass is 274 g/mol. The number of anilines is 1. The molecule has 1 amide bonds. The van der Waals surface area contributed by atoms with Gasteiger partial charge in [0.1, 0.15) is 11.5 Å². The summed E-state index contributed by atoms with van der Waals surface area (Å²) in [6.07, 6.45) is 1.46. The molecule has 1 aromatic heterocycles. The number of rotatable bonds is 4. The number of pyridine rings is 1. The maximum Gasteiger partial charge on any atom is 0.255 e. The minimum atomic E-state index is -0.456. The van der Waals surface area contributed by atoms with E-state index in [1.807, 2.05) is 6.92 Å². The maximum absolute atomic E-state index is 11.9. The average Bonchev–Trinajstić information content (AvgIpc) is 2.40. The van der Waals surface area contributed by atoms with Crippen molar-refractivity contribution in [2.45, 2.75) is 6.92 Å². The molecule has 0 aliphatic carbocycles. The Balaban J connectivity index is 2.10. The molecule has 0 spiro atoms. The molecule has 0 radical (unpaired) electrons. The topological polar surface area (TPSA) is 91.7 Å². The van der Waals surface area contributed by atoms with E-state index in [9.17, 15) is 15.0 Å². The summed E-state index contributed by atoms with van der Waals surface area (Å²) in [5.74, 6) is -0.345. The summed E-state index contributed by atoms with van der Waals surface area (Å²) in [7, 11) is 0. The van der Waals surface area contributed by atoms with E-state index in [4.69, 9.17) is 4.74 Å². The summed E-state index contributed by atoms with van der Waals surface area (Å²) < 4.78 is 5.19. The van der Waals surface area contributed by atoms with Gasteiger partial charge >= 0.3 is 0 Å². The third kappa shape index (κ3) is 3.38. The Morgan fingerprint density at radius 3 is 2.50 bits per heavy atom. The minimum absolute atomic E-state index is 0.149. The van der Waals surface area contributed by atoms with Gasteiger partial charge in [-0.05, 0) is 25.1 Å². The minimum Gasteiger partial charge on any atom is -0.508 e. The van der Waals surface area contributed by atoms with Crippen molar-refractivity contribution in [3.63, 3.8) is 0 Å². The molecule has 1 aromatic carbocycles. The Morgan fingerprint density at radius 1 is 1.25 bits per heavy atom. The Morgan fingerprint density at radius 2 is 1.95 bits per heavy atom. The molecule has 0 aliphatic rings. The van der Waals surface area contributed by atoms with Crippen LogP contribution in [0.3, 0.4) is 0 Å². The van der Waals surface area contributed by atoms with Gasteiger partial charge in [0.05, 0.1) is 18.5 Å². The average molecular weight is 274 g/mol. The molecule has 0 saturated heterocycles. The summed E-state index contributed by atoms with van der Waals surface area (Å²) in [6.45, 7) is 2.37.